The molecule has 0 bridgehead atoms. The van der Waals surface area contributed by atoms with E-state index in [0.29, 0.717) is 12.0 Å². The molecule has 3 heterocycles. The van der Waals surface area contributed by atoms with E-state index in [1.54, 1.807) is 7.11 Å². The second-order valence-corrected chi connectivity index (χ2v) is 7.55. The van der Waals surface area contributed by atoms with Crippen LogP contribution in [0.3, 0.4) is 0 Å². The highest BCUT2D eigenvalue weighted by molar-refractivity contribution is 5.30. The van der Waals surface area contributed by atoms with Gasteiger partial charge in [-0.05, 0) is 55.6 Å². The van der Waals surface area contributed by atoms with Crippen LogP contribution in [-0.2, 0) is 6.54 Å². The number of hydrogen-bond donors (Lipinski definition) is 0. The molecule has 3 atom stereocenters. The fourth-order valence-electron chi connectivity index (χ4n) is 4.70. The lowest BCUT2D eigenvalue weighted by molar-refractivity contribution is 0.223. The van der Waals surface area contributed by atoms with Crippen LogP contribution in [0.15, 0.2) is 42.5 Å². The van der Waals surface area contributed by atoms with Gasteiger partial charge in [0.15, 0.2) is 0 Å². The van der Waals surface area contributed by atoms with Crippen LogP contribution >= 0.6 is 0 Å². The molecule has 0 saturated carbocycles. The van der Waals surface area contributed by atoms with Crippen molar-refractivity contribution in [2.75, 3.05) is 33.8 Å². The van der Waals surface area contributed by atoms with Gasteiger partial charge >= 0.3 is 0 Å². The Hall–Kier alpha value is -1.91. The summed E-state index contributed by atoms with van der Waals surface area (Å²) < 4.78 is 5.31. The SMILES string of the molecule is COc1ccc([C@H]2[C@@H]3CN(Cc4cccc(C)n4)C[C@@H]3CN2C)cc1. The number of ether oxygens (including phenoxy) is 1. The van der Waals surface area contributed by atoms with Gasteiger partial charge in [-0.2, -0.15) is 0 Å². The second kappa shape index (κ2) is 6.77. The summed E-state index contributed by atoms with van der Waals surface area (Å²) >= 11 is 0. The summed E-state index contributed by atoms with van der Waals surface area (Å²) in [6.45, 7) is 6.54. The maximum absolute atomic E-state index is 5.31. The molecule has 2 aliphatic heterocycles. The number of pyridine rings is 1. The van der Waals surface area contributed by atoms with Gasteiger partial charge in [0.2, 0.25) is 0 Å². The van der Waals surface area contributed by atoms with Crippen molar-refractivity contribution in [3.8, 4) is 5.75 Å². The van der Waals surface area contributed by atoms with E-state index in [2.05, 4.69) is 71.2 Å². The average molecular weight is 337 g/mol. The van der Waals surface area contributed by atoms with Gasteiger partial charge in [0.1, 0.15) is 5.75 Å². The topological polar surface area (TPSA) is 28.6 Å². The van der Waals surface area contributed by atoms with Crippen LogP contribution in [-0.4, -0.2) is 48.6 Å². The number of aryl methyl sites for hydroxylation is 1. The second-order valence-electron chi connectivity index (χ2n) is 7.55. The van der Waals surface area contributed by atoms with Gasteiger partial charge in [0.05, 0.1) is 12.8 Å². The molecule has 0 amide bonds. The number of methoxy groups -OCH3 is 1. The molecule has 132 valence electrons. The third-order valence-corrected chi connectivity index (χ3v) is 5.76. The molecule has 4 rings (SSSR count). The first-order valence-corrected chi connectivity index (χ1v) is 9.13. The molecule has 2 fully saturated rings. The third-order valence-electron chi connectivity index (χ3n) is 5.76. The van der Waals surface area contributed by atoms with Crippen molar-refractivity contribution in [2.45, 2.75) is 19.5 Å². The van der Waals surface area contributed by atoms with Gasteiger partial charge in [0, 0.05) is 37.9 Å². The van der Waals surface area contributed by atoms with Crippen molar-refractivity contribution in [3.63, 3.8) is 0 Å². The van der Waals surface area contributed by atoms with Crippen LogP contribution in [0, 0.1) is 18.8 Å². The van der Waals surface area contributed by atoms with Crippen LogP contribution in [0.2, 0.25) is 0 Å². The lowest BCUT2D eigenvalue weighted by atomic mass is 9.89. The summed E-state index contributed by atoms with van der Waals surface area (Å²) in [5.74, 6) is 2.38. The predicted molar refractivity (Wildman–Crippen MR) is 99.6 cm³/mol. The van der Waals surface area contributed by atoms with Crippen LogP contribution < -0.4 is 4.74 Å². The van der Waals surface area contributed by atoms with E-state index in [-0.39, 0.29) is 0 Å². The first kappa shape index (κ1) is 16.6. The van der Waals surface area contributed by atoms with E-state index in [0.717, 1.165) is 30.5 Å². The van der Waals surface area contributed by atoms with E-state index >= 15 is 0 Å². The van der Waals surface area contributed by atoms with Crippen LogP contribution in [0.1, 0.15) is 23.0 Å². The maximum atomic E-state index is 5.31. The van der Waals surface area contributed by atoms with Gasteiger partial charge in [-0.15, -0.1) is 0 Å². The molecule has 4 heteroatoms. The smallest absolute Gasteiger partial charge is 0.118 e. The summed E-state index contributed by atoms with van der Waals surface area (Å²) in [6, 6.07) is 15.5. The molecule has 25 heavy (non-hydrogen) atoms. The van der Waals surface area contributed by atoms with Gasteiger partial charge in [-0.1, -0.05) is 18.2 Å². The molecule has 4 nitrogen and oxygen atoms in total. The standard InChI is InChI=1S/C21H27N3O/c1-15-5-4-6-18(22-15)13-24-12-17-11-23(2)21(20(17)14-24)16-7-9-19(25-3)10-8-16/h4-10,17,20-21H,11-14H2,1-3H3/t17-,20+,21-/m0/s1. The van der Waals surface area contributed by atoms with Crippen molar-refractivity contribution < 1.29 is 4.74 Å². The van der Waals surface area contributed by atoms with Gasteiger partial charge in [-0.25, -0.2) is 0 Å². The van der Waals surface area contributed by atoms with Crippen molar-refractivity contribution >= 4 is 0 Å². The summed E-state index contributed by atoms with van der Waals surface area (Å²) in [5, 5.41) is 0. The van der Waals surface area contributed by atoms with E-state index in [4.69, 9.17) is 4.74 Å². The fourth-order valence-corrected chi connectivity index (χ4v) is 4.70. The van der Waals surface area contributed by atoms with Crippen LogP contribution in [0.25, 0.3) is 0 Å². The number of benzene rings is 1. The molecule has 2 aliphatic rings. The van der Waals surface area contributed by atoms with Gasteiger partial charge in [-0.3, -0.25) is 14.8 Å². The molecule has 0 spiro atoms. The van der Waals surface area contributed by atoms with Crippen molar-refractivity contribution in [3.05, 3.63) is 59.4 Å². The summed E-state index contributed by atoms with van der Waals surface area (Å²) in [7, 11) is 3.99. The minimum atomic E-state index is 0.506. The zero-order valence-corrected chi connectivity index (χ0v) is 15.4. The zero-order valence-electron chi connectivity index (χ0n) is 15.4. The quantitative estimate of drug-likeness (QED) is 0.857. The minimum absolute atomic E-state index is 0.506. The van der Waals surface area contributed by atoms with Gasteiger partial charge in [0.25, 0.3) is 0 Å². The minimum Gasteiger partial charge on any atom is -0.497 e. The molecule has 0 radical (unpaired) electrons. The van der Waals surface area contributed by atoms with Crippen LogP contribution in [0.5, 0.6) is 5.75 Å². The fraction of sp³-hybridized carbons (Fsp3) is 0.476. The molecule has 0 aliphatic carbocycles. The normalized spacial score (nSPS) is 26.8. The van der Waals surface area contributed by atoms with Crippen molar-refractivity contribution in [1.82, 2.24) is 14.8 Å². The molecule has 0 unspecified atom stereocenters. The number of likely N-dealkylation sites (tertiary alicyclic amines) is 2. The van der Waals surface area contributed by atoms with Crippen molar-refractivity contribution in [1.29, 1.82) is 0 Å². The Bertz CT molecular complexity index is 730. The highest BCUT2D eigenvalue weighted by atomic mass is 16.5. The van der Waals surface area contributed by atoms with E-state index in [9.17, 15) is 0 Å². The number of hydrogen-bond acceptors (Lipinski definition) is 4. The number of aromatic nitrogens is 1. The number of rotatable bonds is 4. The Balaban J connectivity index is 1.48. The third kappa shape index (κ3) is 3.29. The number of fused-ring (bicyclic) bond motifs is 1. The van der Waals surface area contributed by atoms with Gasteiger partial charge < -0.3 is 4.74 Å². The monoisotopic (exact) mass is 337 g/mol. The van der Waals surface area contributed by atoms with E-state index in [1.807, 2.05) is 0 Å². The average Bonchev–Trinajstić information content (AvgIpc) is 3.10. The largest absolute Gasteiger partial charge is 0.497 e. The molecule has 2 saturated heterocycles. The Morgan fingerprint density at radius 3 is 2.60 bits per heavy atom. The first-order valence-electron chi connectivity index (χ1n) is 9.13. The van der Waals surface area contributed by atoms with E-state index < -0.39 is 0 Å². The Kier molecular flexibility index (Phi) is 4.48. The molecule has 2 aromatic rings. The molecule has 0 N–H and O–H groups in total. The molecular formula is C21H27N3O. The molecule has 1 aromatic carbocycles. The van der Waals surface area contributed by atoms with Crippen molar-refractivity contribution in [2.24, 2.45) is 11.8 Å². The lowest BCUT2D eigenvalue weighted by Crippen LogP contribution is -2.29. The summed E-state index contributed by atoms with van der Waals surface area (Å²) in [5.41, 5.74) is 3.70. The lowest BCUT2D eigenvalue weighted by Gasteiger charge is -2.27. The Morgan fingerprint density at radius 2 is 1.88 bits per heavy atom. The molecule has 1 aromatic heterocycles. The number of nitrogens with zero attached hydrogens (tertiary/aromatic N) is 3. The molecular weight excluding hydrogens is 310 g/mol. The summed E-state index contributed by atoms with van der Waals surface area (Å²) in [6.07, 6.45) is 0. The Morgan fingerprint density at radius 1 is 1.08 bits per heavy atom. The Labute approximate surface area is 150 Å². The summed E-state index contributed by atoms with van der Waals surface area (Å²) in [4.78, 5) is 9.79. The predicted octanol–water partition coefficient (Wildman–Crippen LogP) is 3.13. The van der Waals surface area contributed by atoms with Crippen LogP contribution in [0.4, 0.5) is 0 Å². The highest BCUT2D eigenvalue weighted by Crippen LogP contribution is 2.44. The van der Waals surface area contributed by atoms with E-state index in [1.165, 1.54) is 24.3 Å². The highest BCUT2D eigenvalue weighted by Gasteiger charge is 2.45. The maximum Gasteiger partial charge on any atom is 0.118 e. The zero-order chi connectivity index (χ0) is 17.4. The first-order chi connectivity index (χ1) is 12.1.